The third-order valence-corrected chi connectivity index (χ3v) is 2.59. The lowest BCUT2D eigenvalue weighted by molar-refractivity contribution is 0.589. The lowest BCUT2D eigenvalue weighted by atomic mass is 10.0. The topological polar surface area (TPSA) is 0 Å². The van der Waals surface area contributed by atoms with E-state index < -0.39 is 11.6 Å². The highest BCUT2D eigenvalue weighted by molar-refractivity contribution is 5.65. The predicted molar refractivity (Wildman–Crippen MR) is 61.2 cm³/mol. The molecule has 0 saturated carbocycles. The van der Waals surface area contributed by atoms with Gasteiger partial charge in [0.05, 0.1) is 5.56 Å². The fourth-order valence-electron chi connectivity index (χ4n) is 1.72. The second kappa shape index (κ2) is 4.44. The first kappa shape index (κ1) is 10.8. The number of benzene rings is 2. The highest BCUT2D eigenvalue weighted by Gasteiger charge is 2.10. The maximum absolute atomic E-state index is 13.5. The van der Waals surface area contributed by atoms with Gasteiger partial charge in [-0.15, -0.1) is 0 Å². The van der Waals surface area contributed by atoms with Crippen molar-refractivity contribution in [1.82, 2.24) is 0 Å². The van der Waals surface area contributed by atoms with Crippen LogP contribution in [0.15, 0.2) is 42.5 Å². The molecule has 0 heterocycles. The van der Waals surface area contributed by atoms with Crippen LogP contribution < -0.4 is 0 Å². The first-order valence-electron chi connectivity index (χ1n) is 5.25. The Balaban J connectivity index is 2.58. The zero-order valence-corrected chi connectivity index (χ0v) is 9.00. The molecule has 0 bridgehead atoms. The first-order valence-corrected chi connectivity index (χ1v) is 5.25. The summed E-state index contributed by atoms with van der Waals surface area (Å²) in [5.74, 6) is -1.04. The number of rotatable bonds is 2. The van der Waals surface area contributed by atoms with Crippen molar-refractivity contribution in [2.24, 2.45) is 0 Å². The highest BCUT2D eigenvalue weighted by Crippen LogP contribution is 2.26. The molecule has 82 valence electrons. The Morgan fingerprint density at radius 3 is 2.19 bits per heavy atom. The molecular formula is C14H12F2. The standard InChI is InChI=1S/C14H12F2/c1-2-10-5-3-6-11(9-10)14-12(15)7-4-8-13(14)16/h3-9H,2H2,1H3. The predicted octanol–water partition coefficient (Wildman–Crippen LogP) is 4.19. The van der Waals surface area contributed by atoms with Crippen molar-refractivity contribution in [3.63, 3.8) is 0 Å². The Hall–Kier alpha value is -1.70. The molecule has 2 aromatic rings. The lowest BCUT2D eigenvalue weighted by Crippen LogP contribution is -1.90. The average Bonchev–Trinajstić information content (AvgIpc) is 2.29. The molecule has 0 aliphatic heterocycles. The largest absolute Gasteiger partial charge is 0.206 e. The van der Waals surface area contributed by atoms with E-state index in [2.05, 4.69) is 0 Å². The van der Waals surface area contributed by atoms with Crippen LogP contribution in [-0.2, 0) is 6.42 Å². The van der Waals surface area contributed by atoms with Gasteiger partial charge in [-0.2, -0.15) is 0 Å². The van der Waals surface area contributed by atoms with Crippen molar-refractivity contribution in [3.8, 4) is 11.1 Å². The molecule has 0 unspecified atom stereocenters. The Morgan fingerprint density at radius 1 is 0.938 bits per heavy atom. The molecule has 16 heavy (non-hydrogen) atoms. The minimum absolute atomic E-state index is 0.0535. The fourth-order valence-corrected chi connectivity index (χ4v) is 1.72. The van der Waals surface area contributed by atoms with Gasteiger partial charge in [0.1, 0.15) is 11.6 Å². The molecule has 0 aromatic heterocycles. The van der Waals surface area contributed by atoms with Crippen LogP contribution in [0.2, 0.25) is 0 Å². The quantitative estimate of drug-likeness (QED) is 0.708. The smallest absolute Gasteiger partial charge is 0.133 e. The van der Waals surface area contributed by atoms with Crippen LogP contribution in [0.5, 0.6) is 0 Å². The van der Waals surface area contributed by atoms with Gasteiger partial charge in [-0.25, -0.2) is 8.78 Å². The van der Waals surface area contributed by atoms with E-state index in [4.69, 9.17) is 0 Å². The van der Waals surface area contributed by atoms with Gasteiger partial charge in [-0.1, -0.05) is 37.3 Å². The molecule has 0 atom stereocenters. The SMILES string of the molecule is CCc1cccc(-c2c(F)cccc2F)c1. The van der Waals surface area contributed by atoms with Gasteiger partial charge in [-0.05, 0) is 29.7 Å². The molecule has 0 radical (unpaired) electrons. The molecule has 0 aliphatic rings. The number of aryl methyl sites for hydroxylation is 1. The van der Waals surface area contributed by atoms with E-state index in [1.165, 1.54) is 18.2 Å². The van der Waals surface area contributed by atoms with Crippen LogP contribution in [0.4, 0.5) is 8.78 Å². The molecule has 0 amide bonds. The van der Waals surface area contributed by atoms with Crippen molar-refractivity contribution in [3.05, 3.63) is 59.7 Å². The minimum atomic E-state index is -0.520. The summed E-state index contributed by atoms with van der Waals surface area (Å²) >= 11 is 0. The average molecular weight is 218 g/mol. The molecule has 0 N–H and O–H groups in total. The second-order valence-electron chi connectivity index (χ2n) is 3.65. The summed E-state index contributed by atoms with van der Waals surface area (Å²) in [6, 6.07) is 11.2. The second-order valence-corrected chi connectivity index (χ2v) is 3.65. The van der Waals surface area contributed by atoms with Crippen molar-refractivity contribution in [1.29, 1.82) is 0 Å². The summed E-state index contributed by atoms with van der Waals surface area (Å²) in [6.07, 6.45) is 0.851. The van der Waals surface area contributed by atoms with Gasteiger partial charge in [0.15, 0.2) is 0 Å². The van der Waals surface area contributed by atoms with Crippen LogP contribution >= 0.6 is 0 Å². The van der Waals surface area contributed by atoms with E-state index in [9.17, 15) is 8.78 Å². The van der Waals surface area contributed by atoms with E-state index in [1.807, 2.05) is 25.1 Å². The van der Waals surface area contributed by atoms with Crippen LogP contribution in [0, 0.1) is 11.6 Å². The summed E-state index contributed by atoms with van der Waals surface area (Å²) in [5.41, 5.74) is 1.72. The summed E-state index contributed by atoms with van der Waals surface area (Å²) < 4.78 is 27.1. The van der Waals surface area contributed by atoms with Gasteiger partial charge < -0.3 is 0 Å². The molecule has 0 aliphatic carbocycles. The van der Waals surface area contributed by atoms with Gasteiger partial charge in [0.25, 0.3) is 0 Å². The summed E-state index contributed by atoms with van der Waals surface area (Å²) in [4.78, 5) is 0. The van der Waals surface area contributed by atoms with E-state index in [0.29, 0.717) is 5.56 Å². The molecule has 2 rings (SSSR count). The zero-order chi connectivity index (χ0) is 11.5. The van der Waals surface area contributed by atoms with E-state index >= 15 is 0 Å². The third-order valence-electron chi connectivity index (χ3n) is 2.59. The third kappa shape index (κ3) is 1.96. The monoisotopic (exact) mass is 218 g/mol. The number of halogens is 2. The normalized spacial score (nSPS) is 10.4. The van der Waals surface area contributed by atoms with Crippen LogP contribution in [-0.4, -0.2) is 0 Å². The fraction of sp³-hybridized carbons (Fsp3) is 0.143. The number of hydrogen-bond acceptors (Lipinski definition) is 0. The molecule has 0 saturated heterocycles. The summed E-state index contributed by atoms with van der Waals surface area (Å²) in [5, 5.41) is 0. The van der Waals surface area contributed by atoms with Crippen molar-refractivity contribution < 1.29 is 8.78 Å². The van der Waals surface area contributed by atoms with Gasteiger partial charge in [0, 0.05) is 0 Å². The van der Waals surface area contributed by atoms with Crippen LogP contribution in [0.25, 0.3) is 11.1 Å². The van der Waals surface area contributed by atoms with Crippen LogP contribution in [0.3, 0.4) is 0 Å². The summed E-state index contributed by atoms with van der Waals surface area (Å²) in [7, 11) is 0. The molecule has 2 heteroatoms. The van der Waals surface area contributed by atoms with E-state index in [0.717, 1.165) is 12.0 Å². The Bertz CT molecular complexity index is 484. The van der Waals surface area contributed by atoms with E-state index in [1.54, 1.807) is 6.07 Å². The van der Waals surface area contributed by atoms with Crippen molar-refractivity contribution in [2.45, 2.75) is 13.3 Å². The van der Waals surface area contributed by atoms with E-state index in [-0.39, 0.29) is 5.56 Å². The summed E-state index contributed by atoms with van der Waals surface area (Å²) in [6.45, 7) is 2.01. The molecule has 0 spiro atoms. The highest BCUT2D eigenvalue weighted by atomic mass is 19.1. The first-order chi connectivity index (χ1) is 7.72. The van der Waals surface area contributed by atoms with Gasteiger partial charge in [0.2, 0.25) is 0 Å². The Labute approximate surface area is 93.5 Å². The maximum atomic E-state index is 13.5. The molecule has 0 fully saturated rings. The van der Waals surface area contributed by atoms with Crippen LogP contribution in [0.1, 0.15) is 12.5 Å². The van der Waals surface area contributed by atoms with Crippen molar-refractivity contribution in [2.75, 3.05) is 0 Å². The maximum Gasteiger partial charge on any atom is 0.133 e. The van der Waals surface area contributed by atoms with Gasteiger partial charge >= 0.3 is 0 Å². The lowest BCUT2D eigenvalue weighted by Gasteiger charge is -2.06. The zero-order valence-electron chi connectivity index (χ0n) is 9.00. The molecule has 0 nitrogen and oxygen atoms in total. The minimum Gasteiger partial charge on any atom is -0.206 e. The molecular weight excluding hydrogens is 206 g/mol. The number of hydrogen-bond donors (Lipinski definition) is 0. The molecule has 2 aromatic carbocycles. The van der Waals surface area contributed by atoms with Gasteiger partial charge in [-0.3, -0.25) is 0 Å². The van der Waals surface area contributed by atoms with Crippen molar-refractivity contribution >= 4 is 0 Å². The Kier molecular flexibility index (Phi) is 3.00. The Morgan fingerprint density at radius 2 is 1.56 bits per heavy atom.